The summed E-state index contributed by atoms with van der Waals surface area (Å²) in [6.07, 6.45) is 0.596. The summed E-state index contributed by atoms with van der Waals surface area (Å²) in [5, 5.41) is 0. The average molecular weight is 244 g/mol. The van der Waals surface area contributed by atoms with Crippen LogP contribution in [0.1, 0.15) is 19.3 Å². The van der Waals surface area contributed by atoms with Gasteiger partial charge in [0.05, 0.1) is 5.92 Å². The van der Waals surface area contributed by atoms with E-state index < -0.39 is 17.3 Å². The van der Waals surface area contributed by atoms with Crippen LogP contribution < -0.4 is 0 Å². The Kier molecular flexibility index (Phi) is 2.28. The maximum Gasteiger partial charge on any atom is 0.229 e. The molecule has 1 heterocycles. The number of hydrogen-bond donors (Lipinski definition) is 0. The number of alkyl halides is 2. The summed E-state index contributed by atoms with van der Waals surface area (Å²) >= 11 is 0. The molecule has 96 valence electrons. The van der Waals surface area contributed by atoms with E-state index in [-0.39, 0.29) is 25.2 Å². The Hall–Kier alpha value is -0.710. The van der Waals surface area contributed by atoms with Gasteiger partial charge in [-0.1, -0.05) is 0 Å². The SMILES string of the molecule is CN1CCN(C(=O)C2CC3(F)CCC23F)CC1. The van der Waals surface area contributed by atoms with Gasteiger partial charge < -0.3 is 9.80 Å². The van der Waals surface area contributed by atoms with E-state index in [2.05, 4.69) is 4.90 Å². The van der Waals surface area contributed by atoms with Crippen molar-refractivity contribution in [1.82, 2.24) is 9.80 Å². The number of carbonyl (C=O) groups excluding carboxylic acids is 1. The Morgan fingerprint density at radius 1 is 1.18 bits per heavy atom. The maximum atomic E-state index is 14.2. The molecule has 2 saturated carbocycles. The fourth-order valence-electron chi connectivity index (χ4n) is 3.28. The summed E-state index contributed by atoms with van der Waals surface area (Å²) in [6, 6.07) is 0. The van der Waals surface area contributed by atoms with E-state index in [4.69, 9.17) is 0 Å². The molecule has 0 N–H and O–H groups in total. The van der Waals surface area contributed by atoms with Gasteiger partial charge in [-0.05, 0) is 26.3 Å². The Morgan fingerprint density at radius 3 is 2.24 bits per heavy atom. The highest BCUT2D eigenvalue weighted by Gasteiger charge is 2.76. The molecule has 0 aromatic rings. The minimum absolute atomic E-state index is 0.0919. The fourth-order valence-corrected chi connectivity index (χ4v) is 3.28. The summed E-state index contributed by atoms with van der Waals surface area (Å²) in [5.74, 6) is -0.891. The molecule has 3 unspecified atom stereocenters. The lowest BCUT2D eigenvalue weighted by Gasteiger charge is -2.62. The van der Waals surface area contributed by atoms with Gasteiger partial charge in [0.2, 0.25) is 5.91 Å². The molecule has 1 amide bonds. The number of likely N-dealkylation sites (N-methyl/N-ethyl adjacent to an activating group) is 1. The Morgan fingerprint density at radius 2 is 1.82 bits per heavy atom. The summed E-state index contributed by atoms with van der Waals surface area (Å²) in [4.78, 5) is 16.0. The quantitative estimate of drug-likeness (QED) is 0.687. The first-order chi connectivity index (χ1) is 7.96. The van der Waals surface area contributed by atoms with Crippen LogP contribution in [0.3, 0.4) is 0 Å². The molecule has 3 fully saturated rings. The van der Waals surface area contributed by atoms with Crippen LogP contribution in [0, 0.1) is 5.92 Å². The van der Waals surface area contributed by atoms with E-state index in [1.54, 1.807) is 4.90 Å². The van der Waals surface area contributed by atoms with Crippen molar-refractivity contribution in [1.29, 1.82) is 0 Å². The van der Waals surface area contributed by atoms with Crippen LogP contribution in [-0.2, 0) is 4.79 Å². The molecule has 3 aliphatic rings. The van der Waals surface area contributed by atoms with E-state index in [0.29, 0.717) is 13.1 Å². The topological polar surface area (TPSA) is 23.6 Å². The monoisotopic (exact) mass is 244 g/mol. The van der Waals surface area contributed by atoms with Crippen LogP contribution in [0.25, 0.3) is 0 Å². The highest BCUT2D eigenvalue weighted by molar-refractivity contribution is 5.82. The second-order valence-electron chi connectivity index (χ2n) is 5.71. The lowest BCUT2D eigenvalue weighted by atomic mass is 9.48. The number of rotatable bonds is 1. The minimum atomic E-state index is -1.84. The predicted octanol–water partition coefficient (Wildman–Crippen LogP) is 0.991. The molecule has 1 saturated heterocycles. The van der Waals surface area contributed by atoms with Crippen LogP contribution in [0.15, 0.2) is 0 Å². The molecule has 3 rings (SSSR count). The highest BCUT2D eigenvalue weighted by atomic mass is 19.2. The Labute approximate surface area is 99.7 Å². The second kappa shape index (κ2) is 3.40. The third kappa shape index (κ3) is 1.38. The zero-order valence-electron chi connectivity index (χ0n) is 10.1. The zero-order chi connectivity index (χ0) is 12.3. The summed E-state index contributed by atoms with van der Waals surface area (Å²) in [7, 11) is 2.00. The van der Waals surface area contributed by atoms with Crippen LogP contribution in [0.4, 0.5) is 8.78 Å². The number of halogens is 2. The molecule has 5 heteroatoms. The molecule has 3 atom stereocenters. The van der Waals surface area contributed by atoms with E-state index in [1.165, 1.54) is 0 Å². The molecule has 0 aromatic carbocycles. The smallest absolute Gasteiger partial charge is 0.229 e. The predicted molar refractivity (Wildman–Crippen MR) is 59.1 cm³/mol. The summed E-state index contributed by atoms with van der Waals surface area (Å²) < 4.78 is 27.9. The first-order valence-electron chi connectivity index (χ1n) is 6.31. The number of amides is 1. The second-order valence-corrected chi connectivity index (χ2v) is 5.71. The minimum Gasteiger partial charge on any atom is -0.340 e. The Balaban J connectivity index is 1.65. The molecular weight excluding hydrogens is 226 g/mol. The van der Waals surface area contributed by atoms with Crippen molar-refractivity contribution in [2.24, 2.45) is 5.92 Å². The van der Waals surface area contributed by atoms with Gasteiger partial charge in [-0.2, -0.15) is 0 Å². The van der Waals surface area contributed by atoms with Crippen molar-refractivity contribution in [2.75, 3.05) is 33.2 Å². The molecule has 0 aromatic heterocycles. The van der Waals surface area contributed by atoms with Crippen LogP contribution >= 0.6 is 0 Å². The molecule has 1 aliphatic heterocycles. The molecule has 2 aliphatic carbocycles. The van der Waals surface area contributed by atoms with Gasteiger partial charge in [-0.3, -0.25) is 4.79 Å². The van der Waals surface area contributed by atoms with E-state index in [0.717, 1.165) is 13.1 Å². The zero-order valence-corrected chi connectivity index (χ0v) is 10.1. The van der Waals surface area contributed by atoms with Gasteiger partial charge in [-0.15, -0.1) is 0 Å². The van der Waals surface area contributed by atoms with Gasteiger partial charge in [0, 0.05) is 26.2 Å². The van der Waals surface area contributed by atoms with E-state index in [9.17, 15) is 13.6 Å². The van der Waals surface area contributed by atoms with Crippen molar-refractivity contribution in [3.05, 3.63) is 0 Å². The largest absolute Gasteiger partial charge is 0.340 e. The molecule has 17 heavy (non-hydrogen) atoms. The third-order valence-corrected chi connectivity index (χ3v) is 4.82. The number of nitrogens with zero attached hydrogens (tertiary/aromatic N) is 2. The van der Waals surface area contributed by atoms with Crippen molar-refractivity contribution in [3.8, 4) is 0 Å². The normalized spacial score (nSPS) is 45.8. The summed E-state index contributed by atoms with van der Waals surface area (Å²) in [5.41, 5.74) is -3.52. The Bertz CT molecular complexity index is 356. The van der Waals surface area contributed by atoms with Crippen LogP contribution in [-0.4, -0.2) is 60.3 Å². The van der Waals surface area contributed by atoms with Gasteiger partial charge in [0.15, 0.2) is 5.67 Å². The van der Waals surface area contributed by atoms with Gasteiger partial charge in [0.1, 0.15) is 5.67 Å². The fraction of sp³-hybridized carbons (Fsp3) is 0.917. The van der Waals surface area contributed by atoms with Crippen molar-refractivity contribution < 1.29 is 13.6 Å². The van der Waals surface area contributed by atoms with Crippen molar-refractivity contribution in [2.45, 2.75) is 30.6 Å². The van der Waals surface area contributed by atoms with Gasteiger partial charge in [-0.25, -0.2) is 8.78 Å². The van der Waals surface area contributed by atoms with E-state index >= 15 is 0 Å². The number of piperazine rings is 1. The average Bonchev–Trinajstić information content (AvgIpc) is 2.34. The molecular formula is C12H18F2N2O. The number of carbonyl (C=O) groups is 1. The molecule has 0 radical (unpaired) electrons. The summed E-state index contributed by atoms with van der Waals surface area (Å²) in [6.45, 7) is 2.92. The lowest BCUT2D eigenvalue weighted by Crippen LogP contribution is -2.74. The van der Waals surface area contributed by atoms with Crippen LogP contribution in [0.2, 0.25) is 0 Å². The standard InChI is InChI=1S/C12H18F2N2O/c1-15-4-6-16(7-5-15)10(17)9-8-11(13)2-3-12(9,11)14/h9H,2-8H2,1H3. The number of hydrogen-bond acceptors (Lipinski definition) is 2. The lowest BCUT2D eigenvalue weighted by molar-refractivity contribution is -0.246. The van der Waals surface area contributed by atoms with Gasteiger partial charge in [0.25, 0.3) is 0 Å². The maximum absolute atomic E-state index is 14.2. The first-order valence-corrected chi connectivity index (χ1v) is 6.31. The van der Waals surface area contributed by atoms with Crippen LogP contribution in [0.5, 0.6) is 0 Å². The molecule has 0 bridgehead atoms. The van der Waals surface area contributed by atoms with Crippen molar-refractivity contribution in [3.63, 3.8) is 0 Å². The van der Waals surface area contributed by atoms with E-state index in [1.807, 2.05) is 7.05 Å². The molecule has 3 nitrogen and oxygen atoms in total. The third-order valence-electron chi connectivity index (χ3n) is 4.82. The first kappa shape index (κ1) is 11.4. The van der Waals surface area contributed by atoms with Crippen molar-refractivity contribution >= 4 is 5.91 Å². The highest BCUT2D eigenvalue weighted by Crippen LogP contribution is 2.65. The number of fused-ring (bicyclic) bond motifs is 1. The molecule has 0 spiro atoms. The van der Waals surface area contributed by atoms with Gasteiger partial charge >= 0.3 is 0 Å².